The van der Waals surface area contributed by atoms with E-state index in [0.717, 1.165) is 42.8 Å². The fraction of sp³-hybridized carbons (Fsp3) is 0.500. The molecule has 0 radical (unpaired) electrons. The standard InChI is InChI=1S/C16H22N4O/c21-14-8-4-5-12(9-14)10-17-11-15-16(19-20-18-15)13-6-2-1-3-7-13/h1-3,6-7,12,14,17,21H,4-5,8-11H2,(H,18,19,20). The first kappa shape index (κ1) is 14.2. The summed E-state index contributed by atoms with van der Waals surface area (Å²) >= 11 is 0. The molecule has 1 heterocycles. The molecule has 3 N–H and O–H groups in total. The molecule has 1 fully saturated rings. The minimum Gasteiger partial charge on any atom is -0.393 e. The molecule has 5 heteroatoms. The van der Waals surface area contributed by atoms with Crippen molar-refractivity contribution in [2.75, 3.05) is 6.54 Å². The number of hydrogen-bond acceptors (Lipinski definition) is 4. The predicted octanol–water partition coefficient (Wildman–Crippen LogP) is 2.11. The number of hydrogen-bond donors (Lipinski definition) is 3. The Kier molecular flexibility index (Phi) is 4.62. The average molecular weight is 286 g/mol. The summed E-state index contributed by atoms with van der Waals surface area (Å²) in [7, 11) is 0. The molecule has 1 aliphatic rings. The number of aliphatic hydroxyl groups excluding tert-OH is 1. The van der Waals surface area contributed by atoms with Crippen LogP contribution >= 0.6 is 0 Å². The molecule has 5 nitrogen and oxygen atoms in total. The van der Waals surface area contributed by atoms with Gasteiger partial charge in [-0.2, -0.15) is 15.4 Å². The van der Waals surface area contributed by atoms with E-state index in [-0.39, 0.29) is 6.10 Å². The maximum atomic E-state index is 9.70. The van der Waals surface area contributed by atoms with E-state index in [0.29, 0.717) is 12.5 Å². The molecule has 2 aromatic rings. The topological polar surface area (TPSA) is 73.8 Å². The Morgan fingerprint density at radius 2 is 2.05 bits per heavy atom. The molecule has 1 aliphatic carbocycles. The molecule has 3 rings (SSSR count). The quantitative estimate of drug-likeness (QED) is 0.787. The summed E-state index contributed by atoms with van der Waals surface area (Å²) in [5, 5.41) is 24.4. The molecule has 1 saturated carbocycles. The van der Waals surface area contributed by atoms with Gasteiger partial charge >= 0.3 is 0 Å². The van der Waals surface area contributed by atoms with Crippen LogP contribution < -0.4 is 5.32 Å². The first-order chi connectivity index (χ1) is 10.3. The molecule has 1 aromatic carbocycles. The van der Waals surface area contributed by atoms with Crippen LogP contribution in [0.5, 0.6) is 0 Å². The van der Waals surface area contributed by atoms with Gasteiger partial charge in [0.1, 0.15) is 11.4 Å². The van der Waals surface area contributed by atoms with Crippen LogP contribution in [0.2, 0.25) is 0 Å². The third-order valence-corrected chi connectivity index (χ3v) is 4.15. The SMILES string of the molecule is OC1CCCC(CNCc2n[nH]nc2-c2ccccc2)C1. The Labute approximate surface area is 124 Å². The zero-order valence-corrected chi connectivity index (χ0v) is 12.1. The number of aliphatic hydroxyl groups is 1. The molecule has 21 heavy (non-hydrogen) atoms. The van der Waals surface area contributed by atoms with Crippen molar-refractivity contribution in [3.63, 3.8) is 0 Å². The Morgan fingerprint density at radius 1 is 1.19 bits per heavy atom. The lowest BCUT2D eigenvalue weighted by molar-refractivity contribution is 0.101. The molecule has 2 unspecified atom stereocenters. The number of aromatic amines is 1. The van der Waals surface area contributed by atoms with Gasteiger partial charge in [-0.1, -0.05) is 36.8 Å². The lowest BCUT2D eigenvalue weighted by Gasteiger charge is -2.25. The molecule has 2 atom stereocenters. The molecule has 0 amide bonds. The smallest absolute Gasteiger partial charge is 0.117 e. The Morgan fingerprint density at radius 3 is 2.86 bits per heavy atom. The second-order valence-electron chi connectivity index (χ2n) is 5.80. The minimum absolute atomic E-state index is 0.113. The highest BCUT2D eigenvalue weighted by Crippen LogP contribution is 2.24. The molecule has 0 aliphatic heterocycles. The highest BCUT2D eigenvalue weighted by Gasteiger charge is 2.20. The average Bonchev–Trinajstić information content (AvgIpc) is 2.97. The van der Waals surface area contributed by atoms with Crippen molar-refractivity contribution in [2.24, 2.45) is 5.92 Å². The van der Waals surface area contributed by atoms with E-state index in [1.165, 1.54) is 6.42 Å². The number of aromatic nitrogens is 3. The second-order valence-corrected chi connectivity index (χ2v) is 5.80. The summed E-state index contributed by atoms with van der Waals surface area (Å²) < 4.78 is 0. The van der Waals surface area contributed by atoms with Crippen LogP contribution in [0.25, 0.3) is 11.3 Å². The van der Waals surface area contributed by atoms with E-state index in [1.807, 2.05) is 30.3 Å². The Balaban J connectivity index is 1.55. The van der Waals surface area contributed by atoms with E-state index in [2.05, 4.69) is 20.7 Å². The van der Waals surface area contributed by atoms with Crippen molar-refractivity contribution in [1.82, 2.24) is 20.7 Å². The van der Waals surface area contributed by atoms with E-state index < -0.39 is 0 Å². The molecular weight excluding hydrogens is 264 g/mol. The van der Waals surface area contributed by atoms with E-state index >= 15 is 0 Å². The van der Waals surface area contributed by atoms with Crippen molar-refractivity contribution in [1.29, 1.82) is 0 Å². The van der Waals surface area contributed by atoms with E-state index in [9.17, 15) is 5.11 Å². The number of nitrogens with one attached hydrogen (secondary N) is 2. The van der Waals surface area contributed by atoms with Crippen LogP contribution in [0.4, 0.5) is 0 Å². The summed E-state index contributed by atoms with van der Waals surface area (Å²) in [6, 6.07) is 10.1. The Bertz CT molecular complexity index is 554. The van der Waals surface area contributed by atoms with Gasteiger partial charge in [0.15, 0.2) is 0 Å². The molecule has 1 aromatic heterocycles. The van der Waals surface area contributed by atoms with Gasteiger partial charge in [-0.15, -0.1) is 0 Å². The molecule has 0 bridgehead atoms. The highest BCUT2D eigenvalue weighted by molar-refractivity contribution is 5.60. The molecule has 112 valence electrons. The van der Waals surface area contributed by atoms with Gasteiger partial charge in [0.05, 0.1) is 6.10 Å². The number of nitrogens with zero attached hydrogens (tertiary/aromatic N) is 2. The highest BCUT2D eigenvalue weighted by atomic mass is 16.3. The van der Waals surface area contributed by atoms with Crippen LogP contribution in [-0.4, -0.2) is 33.2 Å². The lowest BCUT2D eigenvalue weighted by atomic mass is 9.87. The summed E-state index contributed by atoms with van der Waals surface area (Å²) in [6.45, 7) is 1.63. The fourth-order valence-corrected chi connectivity index (χ4v) is 3.05. The van der Waals surface area contributed by atoms with Crippen LogP contribution in [0.15, 0.2) is 30.3 Å². The predicted molar refractivity (Wildman–Crippen MR) is 81.5 cm³/mol. The fourth-order valence-electron chi connectivity index (χ4n) is 3.05. The van der Waals surface area contributed by atoms with Gasteiger partial charge in [0.2, 0.25) is 0 Å². The van der Waals surface area contributed by atoms with Gasteiger partial charge in [-0.25, -0.2) is 0 Å². The summed E-state index contributed by atoms with van der Waals surface area (Å²) in [6.07, 6.45) is 4.09. The second kappa shape index (κ2) is 6.83. The summed E-state index contributed by atoms with van der Waals surface area (Å²) in [5.74, 6) is 0.570. The normalized spacial score (nSPS) is 22.3. The summed E-state index contributed by atoms with van der Waals surface area (Å²) in [5.41, 5.74) is 2.93. The van der Waals surface area contributed by atoms with Crippen LogP contribution in [0.1, 0.15) is 31.4 Å². The summed E-state index contributed by atoms with van der Waals surface area (Å²) in [4.78, 5) is 0. The maximum absolute atomic E-state index is 9.70. The largest absolute Gasteiger partial charge is 0.393 e. The van der Waals surface area contributed by atoms with Crippen molar-refractivity contribution >= 4 is 0 Å². The number of benzene rings is 1. The van der Waals surface area contributed by atoms with Gasteiger partial charge in [-0.3, -0.25) is 0 Å². The van der Waals surface area contributed by atoms with Crippen molar-refractivity contribution < 1.29 is 5.11 Å². The molecule has 0 saturated heterocycles. The molecular formula is C16H22N4O. The number of rotatable bonds is 5. The van der Waals surface area contributed by atoms with Crippen LogP contribution in [-0.2, 0) is 6.54 Å². The van der Waals surface area contributed by atoms with Crippen molar-refractivity contribution in [2.45, 2.75) is 38.3 Å². The van der Waals surface area contributed by atoms with Gasteiger partial charge in [0, 0.05) is 12.1 Å². The zero-order valence-electron chi connectivity index (χ0n) is 12.1. The number of H-pyrrole nitrogens is 1. The van der Waals surface area contributed by atoms with E-state index in [1.54, 1.807) is 0 Å². The minimum atomic E-state index is -0.113. The van der Waals surface area contributed by atoms with Gasteiger partial charge in [0.25, 0.3) is 0 Å². The van der Waals surface area contributed by atoms with Crippen molar-refractivity contribution in [3.05, 3.63) is 36.0 Å². The molecule has 0 spiro atoms. The van der Waals surface area contributed by atoms with Crippen molar-refractivity contribution in [3.8, 4) is 11.3 Å². The zero-order chi connectivity index (χ0) is 14.5. The Hall–Kier alpha value is -1.72. The first-order valence-corrected chi connectivity index (χ1v) is 7.67. The first-order valence-electron chi connectivity index (χ1n) is 7.67. The third kappa shape index (κ3) is 3.68. The van der Waals surface area contributed by atoms with Gasteiger partial charge < -0.3 is 10.4 Å². The van der Waals surface area contributed by atoms with E-state index in [4.69, 9.17) is 0 Å². The lowest BCUT2D eigenvalue weighted by Crippen LogP contribution is -2.29. The van der Waals surface area contributed by atoms with Crippen LogP contribution in [0, 0.1) is 5.92 Å². The van der Waals surface area contributed by atoms with Gasteiger partial charge in [-0.05, 0) is 31.7 Å². The maximum Gasteiger partial charge on any atom is 0.117 e. The van der Waals surface area contributed by atoms with Crippen LogP contribution in [0.3, 0.4) is 0 Å². The monoisotopic (exact) mass is 286 g/mol. The third-order valence-electron chi connectivity index (χ3n) is 4.15.